The van der Waals surface area contributed by atoms with Crippen molar-refractivity contribution < 1.29 is 24.4 Å². The Balaban J connectivity index is 2.78. The van der Waals surface area contributed by atoms with Crippen LogP contribution < -0.4 is 5.32 Å². The number of benzene rings is 1. The highest BCUT2D eigenvalue weighted by Gasteiger charge is 2.18. The molecule has 1 aromatic rings. The Morgan fingerprint density at radius 1 is 1.50 bits per heavy atom. The number of esters is 1. The van der Waals surface area contributed by atoms with Crippen LogP contribution in [0.25, 0.3) is 0 Å². The predicted molar refractivity (Wildman–Crippen MR) is 71.2 cm³/mol. The molecule has 1 aromatic carbocycles. The maximum atomic E-state index is 11.8. The maximum Gasteiger partial charge on any atom is 0.336 e. The number of amides is 1. The molecule has 8 nitrogen and oxygen atoms in total. The Kier molecular flexibility index (Phi) is 5.59. The highest BCUT2D eigenvalue weighted by atomic mass is 79.9. The summed E-state index contributed by atoms with van der Waals surface area (Å²) in [7, 11) is 1.10. The van der Waals surface area contributed by atoms with E-state index in [-0.39, 0.29) is 17.8 Å². The number of ether oxygens (including phenoxy) is 1. The summed E-state index contributed by atoms with van der Waals surface area (Å²) in [6.45, 7) is -0.355. The highest BCUT2D eigenvalue weighted by Crippen LogP contribution is 2.21. The number of halogens is 1. The van der Waals surface area contributed by atoms with Crippen molar-refractivity contribution in [2.75, 3.05) is 13.7 Å². The van der Waals surface area contributed by atoms with Gasteiger partial charge in [0.15, 0.2) is 6.10 Å². The maximum absolute atomic E-state index is 11.8. The molecule has 1 amide bonds. The number of hydrogen-bond donors (Lipinski definition) is 2. The number of nitro benzene ring substituents is 1. The van der Waals surface area contributed by atoms with Gasteiger partial charge in [-0.15, -0.1) is 0 Å². The molecule has 0 radical (unpaired) electrons. The number of nitrogens with zero attached hydrogens (tertiary/aromatic N) is 1. The van der Waals surface area contributed by atoms with E-state index in [9.17, 15) is 24.8 Å². The van der Waals surface area contributed by atoms with E-state index in [1.807, 2.05) is 0 Å². The number of non-ortho nitro benzene ring substituents is 1. The zero-order valence-corrected chi connectivity index (χ0v) is 11.9. The number of rotatable bonds is 5. The van der Waals surface area contributed by atoms with Gasteiger partial charge in [-0.25, -0.2) is 4.79 Å². The Bertz CT molecular complexity index is 548. The van der Waals surface area contributed by atoms with Crippen LogP contribution in [0.4, 0.5) is 5.69 Å². The van der Waals surface area contributed by atoms with Crippen molar-refractivity contribution >= 4 is 33.5 Å². The summed E-state index contributed by atoms with van der Waals surface area (Å²) in [5.41, 5.74) is -0.221. The van der Waals surface area contributed by atoms with Gasteiger partial charge in [-0.2, -0.15) is 0 Å². The second kappa shape index (κ2) is 6.96. The molecule has 0 aliphatic rings. The van der Waals surface area contributed by atoms with E-state index in [2.05, 4.69) is 26.0 Å². The zero-order valence-electron chi connectivity index (χ0n) is 10.3. The molecule has 9 heteroatoms. The number of hydrogen-bond acceptors (Lipinski definition) is 6. The average molecular weight is 347 g/mol. The van der Waals surface area contributed by atoms with Crippen LogP contribution in [-0.2, 0) is 9.53 Å². The van der Waals surface area contributed by atoms with Gasteiger partial charge in [0.05, 0.1) is 18.6 Å². The highest BCUT2D eigenvalue weighted by molar-refractivity contribution is 9.10. The van der Waals surface area contributed by atoms with Gasteiger partial charge in [-0.1, -0.05) is 15.9 Å². The number of aliphatic hydroxyl groups is 1. The summed E-state index contributed by atoms with van der Waals surface area (Å²) in [6, 6.07) is 3.72. The van der Waals surface area contributed by atoms with E-state index in [1.165, 1.54) is 12.1 Å². The Morgan fingerprint density at radius 3 is 2.70 bits per heavy atom. The first-order valence-corrected chi connectivity index (χ1v) is 6.13. The largest absolute Gasteiger partial charge is 0.467 e. The van der Waals surface area contributed by atoms with E-state index >= 15 is 0 Å². The fourth-order valence-corrected chi connectivity index (χ4v) is 1.80. The number of carbonyl (C=O) groups excluding carboxylic acids is 2. The molecule has 1 atom stereocenters. The minimum Gasteiger partial charge on any atom is -0.467 e. The third-order valence-electron chi connectivity index (χ3n) is 2.28. The standard InChI is InChI=1S/C11H11BrN2O6/c1-20-11(17)9(15)5-13-10(16)6-2-7(12)4-8(3-6)14(18)19/h2-4,9,15H,5H2,1H3,(H,13,16). The summed E-state index contributed by atoms with van der Waals surface area (Å²) < 4.78 is 4.65. The van der Waals surface area contributed by atoms with E-state index < -0.39 is 22.9 Å². The van der Waals surface area contributed by atoms with E-state index in [0.29, 0.717) is 4.47 Å². The van der Waals surface area contributed by atoms with Gasteiger partial charge in [-0.05, 0) is 6.07 Å². The van der Waals surface area contributed by atoms with Gasteiger partial charge >= 0.3 is 5.97 Å². The molecule has 2 N–H and O–H groups in total. The third-order valence-corrected chi connectivity index (χ3v) is 2.74. The topological polar surface area (TPSA) is 119 Å². The second-order valence-corrected chi connectivity index (χ2v) is 4.62. The molecule has 108 valence electrons. The molecule has 0 bridgehead atoms. The van der Waals surface area contributed by atoms with Crippen molar-refractivity contribution in [1.29, 1.82) is 0 Å². The van der Waals surface area contributed by atoms with Crippen molar-refractivity contribution in [3.05, 3.63) is 38.3 Å². The molecule has 0 heterocycles. The molecule has 0 saturated carbocycles. The molecule has 1 rings (SSSR count). The van der Waals surface area contributed by atoms with E-state index in [1.54, 1.807) is 0 Å². The summed E-state index contributed by atoms with van der Waals surface area (Å²) in [5, 5.41) is 22.3. The second-order valence-electron chi connectivity index (χ2n) is 3.70. The first-order chi connectivity index (χ1) is 9.35. The molecule has 0 spiro atoms. The molecule has 0 fully saturated rings. The molecule has 0 aliphatic carbocycles. The first-order valence-electron chi connectivity index (χ1n) is 5.34. The summed E-state index contributed by atoms with van der Waals surface area (Å²) >= 11 is 3.06. The van der Waals surface area contributed by atoms with E-state index in [0.717, 1.165) is 13.2 Å². The predicted octanol–water partition coefficient (Wildman–Crippen LogP) is 0.621. The summed E-state index contributed by atoms with van der Waals surface area (Å²) in [5.74, 6) is -1.54. The molecular formula is C11H11BrN2O6. The van der Waals surface area contributed by atoms with Crippen molar-refractivity contribution in [2.24, 2.45) is 0 Å². The van der Waals surface area contributed by atoms with Crippen LogP contribution in [0.15, 0.2) is 22.7 Å². The van der Waals surface area contributed by atoms with Crippen molar-refractivity contribution in [2.45, 2.75) is 6.10 Å². The molecule has 0 aromatic heterocycles. The minimum absolute atomic E-state index is 0.0307. The summed E-state index contributed by atoms with van der Waals surface area (Å²) in [4.78, 5) is 32.7. The van der Waals surface area contributed by atoms with Gasteiger partial charge in [0.2, 0.25) is 0 Å². The van der Waals surface area contributed by atoms with Crippen LogP contribution >= 0.6 is 15.9 Å². The lowest BCUT2D eigenvalue weighted by atomic mass is 10.2. The van der Waals surface area contributed by atoms with Crippen LogP contribution in [0, 0.1) is 10.1 Å². The minimum atomic E-state index is -1.49. The lowest BCUT2D eigenvalue weighted by molar-refractivity contribution is -0.385. The quantitative estimate of drug-likeness (QED) is 0.458. The average Bonchev–Trinajstić information content (AvgIpc) is 2.42. The lowest BCUT2D eigenvalue weighted by Gasteiger charge is -2.09. The van der Waals surface area contributed by atoms with E-state index in [4.69, 9.17) is 0 Å². The summed E-state index contributed by atoms with van der Waals surface area (Å²) in [6.07, 6.45) is -1.49. The number of aliphatic hydroxyl groups excluding tert-OH is 1. The Morgan fingerprint density at radius 2 is 2.15 bits per heavy atom. The molecule has 1 unspecified atom stereocenters. The van der Waals surface area contributed by atoms with Crippen LogP contribution in [-0.4, -0.2) is 41.7 Å². The third kappa shape index (κ3) is 4.28. The van der Waals surface area contributed by atoms with Gasteiger partial charge in [0.25, 0.3) is 11.6 Å². The monoisotopic (exact) mass is 346 g/mol. The number of carbonyl (C=O) groups is 2. The fraction of sp³-hybridized carbons (Fsp3) is 0.273. The van der Waals surface area contributed by atoms with Gasteiger partial charge in [0.1, 0.15) is 0 Å². The molecule has 0 aliphatic heterocycles. The SMILES string of the molecule is COC(=O)C(O)CNC(=O)c1cc(Br)cc([N+](=O)[O-])c1. The Labute approximate surface area is 122 Å². The van der Waals surface area contributed by atoms with Crippen molar-refractivity contribution in [3.8, 4) is 0 Å². The van der Waals surface area contributed by atoms with Gasteiger partial charge in [-0.3, -0.25) is 14.9 Å². The zero-order chi connectivity index (χ0) is 15.3. The molecular weight excluding hydrogens is 336 g/mol. The van der Waals surface area contributed by atoms with Crippen molar-refractivity contribution in [3.63, 3.8) is 0 Å². The normalized spacial score (nSPS) is 11.6. The van der Waals surface area contributed by atoms with Crippen LogP contribution in [0.3, 0.4) is 0 Å². The Hall–Kier alpha value is -2.00. The lowest BCUT2D eigenvalue weighted by Crippen LogP contribution is -2.37. The number of nitro groups is 1. The first kappa shape index (κ1) is 16.1. The van der Waals surface area contributed by atoms with Crippen LogP contribution in [0.2, 0.25) is 0 Å². The van der Waals surface area contributed by atoms with Gasteiger partial charge < -0.3 is 15.2 Å². The molecule has 0 saturated heterocycles. The van der Waals surface area contributed by atoms with Crippen LogP contribution in [0.5, 0.6) is 0 Å². The fourth-order valence-electron chi connectivity index (χ4n) is 1.32. The smallest absolute Gasteiger partial charge is 0.336 e. The molecule has 20 heavy (non-hydrogen) atoms. The van der Waals surface area contributed by atoms with Crippen LogP contribution in [0.1, 0.15) is 10.4 Å². The number of methoxy groups -OCH3 is 1. The number of nitrogens with one attached hydrogen (secondary N) is 1. The van der Waals surface area contributed by atoms with Gasteiger partial charge in [0, 0.05) is 22.2 Å². The van der Waals surface area contributed by atoms with Crippen molar-refractivity contribution in [1.82, 2.24) is 5.32 Å².